The molecule has 61 valence electrons. The monoisotopic (exact) mass is 260 g/mol. The quantitative estimate of drug-likeness (QED) is 0.460. The van der Waals surface area contributed by atoms with Gasteiger partial charge in [-0.15, -0.1) is 6.41 Å². The van der Waals surface area contributed by atoms with Crippen LogP contribution in [0.25, 0.3) is 0 Å². The van der Waals surface area contributed by atoms with Crippen molar-refractivity contribution in [2.45, 2.75) is 0 Å². The van der Waals surface area contributed by atoms with Gasteiger partial charge in [0.2, 0.25) is 0 Å². The smallest absolute Gasteiger partial charge is 0.180 e. The van der Waals surface area contributed by atoms with Gasteiger partial charge in [0.05, 0.1) is 0 Å². The summed E-state index contributed by atoms with van der Waals surface area (Å²) < 4.78 is 0. The molecule has 0 bridgehead atoms. The molecule has 0 aliphatic heterocycles. The molecule has 5 nitrogen and oxygen atoms in total. The zero-order chi connectivity index (χ0) is 8.10. The minimum absolute atomic E-state index is 0. The van der Waals surface area contributed by atoms with Crippen LogP contribution in [0.5, 0.6) is 0 Å². The Kier molecular flexibility index (Phi) is 6.15. The predicted octanol–water partition coefficient (Wildman–Crippen LogP) is 0.111. The van der Waals surface area contributed by atoms with E-state index < -0.39 is 0 Å². The minimum Gasteiger partial charge on any atom is -0.518 e. The van der Waals surface area contributed by atoms with Crippen LogP contribution in [0.1, 0.15) is 0 Å². The maximum atomic E-state index is 9.70. The van der Waals surface area contributed by atoms with E-state index in [1.165, 1.54) is 18.8 Å². The SMILES string of the molecule is O=[C-]NNc1nccnc1Cl.[Y]. The molecule has 0 aromatic carbocycles. The first kappa shape index (κ1) is 11.7. The summed E-state index contributed by atoms with van der Waals surface area (Å²) in [5.41, 5.74) is 4.45. The Morgan fingerprint density at radius 2 is 2.08 bits per heavy atom. The van der Waals surface area contributed by atoms with Gasteiger partial charge in [-0.2, -0.15) is 0 Å². The second-order valence-electron chi connectivity index (χ2n) is 1.55. The van der Waals surface area contributed by atoms with E-state index in [1.54, 1.807) is 0 Å². The standard InChI is InChI=1S/C5H4ClN4O.Y/c6-4-5(10-9-3-11)8-2-1-7-4;/h1-2H,(H,8,10)(H,9,11);/q-1;. The topological polar surface area (TPSA) is 66.9 Å². The fourth-order valence-electron chi connectivity index (χ4n) is 0.490. The van der Waals surface area contributed by atoms with Crippen molar-refractivity contribution < 1.29 is 37.5 Å². The first-order valence-corrected chi connectivity index (χ1v) is 3.07. The van der Waals surface area contributed by atoms with E-state index >= 15 is 0 Å². The summed E-state index contributed by atoms with van der Waals surface area (Å²) in [4.78, 5) is 17.2. The van der Waals surface area contributed by atoms with E-state index in [1.807, 2.05) is 0 Å². The number of rotatable bonds is 3. The molecule has 0 aliphatic rings. The number of hydrogen-bond acceptors (Lipinski definition) is 4. The van der Waals surface area contributed by atoms with Crippen LogP contribution >= 0.6 is 11.6 Å². The van der Waals surface area contributed by atoms with Crippen LogP contribution < -0.4 is 10.9 Å². The van der Waals surface area contributed by atoms with Crippen molar-refractivity contribution in [3.8, 4) is 0 Å². The Balaban J connectivity index is 0.00000121. The Hall–Kier alpha value is -0.256. The van der Waals surface area contributed by atoms with Gasteiger partial charge in [-0.25, -0.2) is 9.97 Å². The minimum atomic E-state index is 0. The summed E-state index contributed by atoms with van der Waals surface area (Å²) in [7, 11) is 0. The summed E-state index contributed by atoms with van der Waals surface area (Å²) in [5, 5.41) is 0.190. The van der Waals surface area contributed by atoms with Crippen molar-refractivity contribution in [2.75, 3.05) is 5.43 Å². The first-order chi connectivity index (χ1) is 5.34. The number of hydrazine groups is 1. The second kappa shape index (κ2) is 6.28. The summed E-state index contributed by atoms with van der Waals surface area (Å²) in [6, 6.07) is 0. The van der Waals surface area contributed by atoms with Crippen molar-refractivity contribution in [1.82, 2.24) is 15.4 Å². The number of amides is 1. The van der Waals surface area contributed by atoms with Crippen LogP contribution in [0.4, 0.5) is 5.82 Å². The average molecular weight is 260 g/mol. The van der Waals surface area contributed by atoms with E-state index in [2.05, 4.69) is 20.8 Å². The fraction of sp³-hybridized carbons (Fsp3) is 0. The van der Waals surface area contributed by atoms with Gasteiger partial charge in [0.25, 0.3) is 0 Å². The zero-order valence-electron chi connectivity index (χ0n) is 5.91. The van der Waals surface area contributed by atoms with E-state index in [0.717, 1.165) is 0 Å². The predicted molar refractivity (Wildman–Crippen MR) is 39.5 cm³/mol. The molecule has 12 heavy (non-hydrogen) atoms. The molecular weight excluding hydrogens is 256 g/mol. The number of carbonyl (C=O) groups excluding carboxylic acids is 1. The third-order valence-corrected chi connectivity index (χ3v) is 1.16. The number of nitrogens with zero attached hydrogens (tertiary/aromatic N) is 2. The van der Waals surface area contributed by atoms with Gasteiger partial charge >= 0.3 is 0 Å². The van der Waals surface area contributed by atoms with E-state index in [4.69, 9.17) is 11.6 Å². The van der Waals surface area contributed by atoms with Gasteiger partial charge in [-0.3, -0.25) is 0 Å². The molecule has 0 spiro atoms. The molecule has 1 aromatic rings. The van der Waals surface area contributed by atoms with Crippen LogP contribution in [0.3, 0.4) is 0 Å². The van der Waals surface area contributed by atoms with Crippen molar-refractivity contribution in [2.24, 2.45) is 0 Å². The molecule has 0 saturated heterocycles. The third kappa shape index (κ3) is 3.43. The van der Waals surface area contributed by atoms with Gasteiger partial charge in [0.1, 0.15) is 0 Å². The molecule has 1 rings (SSSR count). The van der Waals surface area contributed by atoms with Gasteiger partial charge in [0.15, 0.2) is 11.0 Å². The molecule has 0 saturated carbocycles. The van der Waals surface area contributed by atoms with Crippen molar-refractivity contribution in [3.63, 3.8) is 0 Å². The average Bonchev–Trinajstić information content (AvgIpc) is 2.03. The van der Waals surface area contributed by atoms with E-state index in [0.29, 0.717) is 0 Å². The molecule has 0 atom stereocenters. The molecule has 7 heteroatoms. The molecular formula is C5H4ClN4OY-. The molecule has 1 heterocycles. The van der Waals surface area contributed by atoms with Crippen molar-refractivity contribution in [3.05, 3.63) is 17.5 Å². The largest absolute Gasteiger partial charge is 0.518 e. The van der Waals surface area contributed by atoms with Gasteiger partial charge in [-0.05, 0) is 0 Å². The summed E-state index contributed by atoms with van der Waals surface area (Å²) in [5.74, 6) is 0.289. The summed E-state index contributed by atoms with van der Waals surface area (Å²) >= 11 is 5.55. The van der Waals surface area contributed by atoms with E-state index in [-0.39, 0.29) is 43.7 Å². The van der Waals surface area contributed by atoms with Gasteiger partial charge < -0.3 is 15.6 Å². The number of hydrogen-bond donors (Lipinski definition) is 2. The van der Waals surface area contributed by atoms with Crippen LogP contribution in [0, 0.1) is 0 Å². The first-order valence-electron chi connectivity index (χ1n) is 2.69. The Morgan fingerprint density at radius 1 is 1.42 bits per heavy atom. The number of anilines is 1. The van der Waals surface area contributed by atoms with Crippen molar-refractivity contribution >= 4 is 23.8 Å². The Labute approximate surface area is 99.2 Å². The van der Waals surface area contributed by atoms with Crippen molar-refractivity contribution in [1.29, 1.82) is 0 Å². The number of nitrogens with one attached hydrogen (secondary N) is 2. The third-order valence-electron chi connectivity index (χ3n) is 0.886. The molecule has 1 radical (unpaired) electrons. The van der Waals surface area contributed by atoms with Crippen LogP contribution in [-0.4, -0.2) is 16.4 Å². The molecule has 2 N–H and O–H groups in total. The zero-order valence-corrected chi connectivity index (χ0v) is 9.51. The normalized spacial score (nSPS) is 8.08. The van der Waals surface area contributed by atoms with Crippen LogP contribution in [-0.2, 0) is 37.5 Å². The Bertz CT molecular complexity index is 259. The van der Waals surface area contributed by atoms with Crippen LogP contribution in [0.2, 0.25) is 5.15 Å². The number of halogens is 1. The molecule has 0 unspecified atom stereocenters. The molecule has 1 amide bonds. The molecule has 1 aromatic heterocycles. The maximum Gasteiger partial charge on any atom is 0.180 e. The van der Waals surface area contributed by atoms with Gasteiger partial charge in [-0.1, -0.05) is 11.6 Å². The second-order valence-corrected chi connectivity index (χ2v) is 1.91. The Morgan fingerprint density at radius 3 is 2.67 bits per heavy atom. The summed E-state index contributed by atoms with van der Waals surface area (Å²) in [6.45, 7) is 0. The van der Waals surface area contributed by atoms with Crippen LogP contribution in [0.15, 0.2) is 12.4 Å². The number of aromatic nitrogens is 2. The molecule has 0 fully saturated rings. The maximum absolute atomic E-state index is 9.70. The van der Waals surface area contributed by atoms with E-state index in [9.17, 15) is 4.79 Å². The van der Waals surface area contributed by atoms with Gasteiger partial charge in [0, 0.05) is 45.1 Å². The fourth-order valence-corrected chi connectivity index (χ4v) is 0.642. The summed E-state index contributed by atoms with van der Waals surface area (Å²) in [6.07, 6.45) is 4.29. The molecule has 0 aliphatic carbocycles.